The first kappa shape index (κ1) is 16.3. The van der Waals surface area contributed by atoms with Crippen molar-refractivity contribution in [3.63, 3.8) is 0 Å². The van der Waals surface area contributed by atoms with E-state index in [2.05, 4.69) is 4.74 Å². The van der Waals surface area contributed by atoms with Gasteiger partial charge < -0.3 is 9.64 Å². The smallest absolute Gasteiger partial charge is 0.318 e. The van der Waals surface area contributed by atoms with Crippen molar-refractivity contribution in [1.82, 2.24) is 4.90 Å². The first-order chi connectivity index (χ1) is 7.81. The van der Waals surface area contributed by atoms with E-state index >= 15 is 0 Å². The van der Waals surface area contributed by atoms with E-state index in [0.717, 1.165) is 0 Å². The lowest BCUT2D eigenvalue weighted by Gasteiger charge is -2.31. The summed E-state index contributed by atoms with van der Waals surface area (Å²) >= 11 is 1.31. The fourth-order valence-corrected chi connectivity index (χ4v) is 2.45. The molecule has 100 valence electrons. The van der Waals surface area contributed by atoms with Crippen LogP contribution >= 0.6 is 11.8 Å². The highest BCUT2D eigenvalue weighted by atomic mass is 32.2. The molecule has 0 saturated carbocycles. The summed E-state index contributed by atoms with van der Waals surface area (Å²) in [5, 5.41) is -0.301. The molecule has 0 radical (unpaired) electrons. The average molecular weight is 261 g/mol. The van der Waals surface area contributed by atoms with Crippen molar-refractivity contribution >= 4 is 23.6 Å². The lowest BCUT2D eigenvalue weighted by molar-refractivity contribution is -0.139. The molecule has 0 aliphatic carbocycles. The molecule has 5 heteroatoms. The van der Waals surface area contributed by atoms with Gasteiger partial charge in [0.25, 0.3) is 0 Å². The van der Waals surface area contributed by atoms with E-state index < -0.39 is 0 Å². The molecular weight excluding hydrogens is 238 g/mol. The molecule has 4 nitrogen and oxygen atoms in total. The van der Waals surface area contributed by atoms with Gasteiger partial charge in [-0.3, -0.25) is 9.59 Å². The molecule has 1 amide bonds. The van der Waals surface area contributed by atoms with E-state index in [1.807, 2.05) is 32.6 Å². The van der Waals surface area contributed by atoms with Crippen LogP contribution in [0.25, 0.3) is 0 Å². The molecule has 0 spiro atoms. The van der Waals surface area contributed by atoms with Crippen LogP contribution in [0.2, 0.25) is 0 Å². The van der Waals surface area contributed by atoms with Crippen molar-refractivity contribution in [2.45, 2.75) is 52.0 Å². The van der Waals surface area contributed by atoms with Crippen LogP contribution < -0.4 is 0 Å². The number of hydrogen-bond donors (Lipinski definition) is 0. The molecular formula is C12H23NO3S. The standard InChI is InChI=1S/C12H23NO3S/c1-8(2)13(9(3)4)11(14)7-17-10(5)12(15)16-6/h8-10H,7H2,1-6H3. The number of thioether (sulfide) groups is 1. The maximum absolute atomic E-state index is 12.0. The number of carbonyl (C=O) groups excluding carboxylic acids is 2. The average Bonchev–Trinajstić information content (AvgIpc) is 2.23. The number of ether oxygens (including phenoxy) is 1. The van der Waals surface area contributed by atoms with Gasteiger partial charge in [0.2, 0.25) is 5.91 Å². The number of amides is 1. The fourth-order valence-electron chi connectivity index (χ4n) is 1.68. The summed E-state index contributed by atoms with van der Waals surface area (Å²) in [7, 11) is 1.36. The third-order valence-corrected chi connectivity index (χ3v) is 3.50. The number of carbonyl (C=O) groups is 2. The number of hydrogen-bond acceptors (Lipinski definition) is 4. The van der Waals surface area contributed by atoms with Gasteiger partial charge in [-0.1, -0.05) is 0 Å². The van der Waals surface area contributed by atoms with E-state index in [4.69, 9.17) is 0 Å². The van der Waals surface area contributed by atoms with Gasteiger partial charge in [-0.05, 0) is 34.6 Å². The van der Waals surface area contributed by atoms with Gasteiger partial charge in [0.15, 0.2) is 0 Å². The first-order valence-corrected chi connectivity index (χ1v) is 6.86. The van der Waals surface area contributed by atoms with Crippen LogP contribution in [0, 0.1) is 0 Å². The molecule has 0 bridgehead atoms. The minimum absolute atomic E-state index is 0.0655. The fraction of sp³-hybridized carbons (Fsp3) is 0.833. The number of methoxy groups -OCH3 is 1. The normalized spacial score (nSPS) is 12.7. The highest BCUT2D eigenvalue weighted by molar-refractivity contribution is 8.01. The highest BCUT2D eigenvalue weighted by Gasteiger charge is 2.22. The molecule has 0 aliphatic rings. The lowest BCUT2D eigenvalue weighted by Crippen LogP contribution is -2.43. The Morgan fingerprint density at radius 3 is 1.94 bits per heavy atom. The Balaban J connectivity index is 4.29. The number of nitrogens with zero attached hydrogens (tertiary/aromatic N) is 1. The van der Waals surface area contributed by atoms with Crippen LogP contribution in [0.5, 0.6) is 0 Å². The molecule has 0 heterocycles. The first-order valence-electron chi connectivity index (χ1n) is 5.81. The van der Waals surface area contributed by atoms with Crippen molar-refractivity contribution in [2.75, 3.05) is 12.9 Å². The zero-order chi connectivity index (χ0) is 13.6. The molecule has 0 aromatic rings. The highest BCUT2D eigenvalue weighted by Crippen LogP contribution is 2.15. The predicted octanol–water partition coefficient (Wildman–Crippen LogP) is 1.93. The van der Waals surface area contributed by atoms with Crippen LogP contribution in [-0.4, -0.2) is 47.0 Å². The molecule has 0 N–H and O–H groups in total. The summed E-state index contributed by atoms with van der Waals surface area (Å²) in [5.41, 5.74) is 0. The molecule has 0 fully saturated rings. The van der Waals surface area contributed by atoms with E-state index in [1.165, 1.54) is 18.9 Å². The Hall–Kier alpha value is -0.710. The second-order valence-corrected chi connectivity index (χ2v) is 5.79. The maximum atomic E-state index is 12.0. The van der Waals surface area contributed by atoms with E-state index in [-0.39, 0.29) is 29.2 Å². The predicted molar refractivity (Wildman–Crippen MR) is 71.1 cm³/mol. The molecule has 1 atom stereocenters. The Bertz CT molecular complexity index is 258. The summed E-state index contributed by atoms with van der Waals surface area (Å²) in [4.78, 5) is 25.0. The summed E-state index contributed by atoms with van der Waals surface area (Å²) in [5.74, 6) is 0.0892. The summed E-state index contributed by atoms with van der Waals surface area (Å²) in [6, 6.07) is 0.355. The second-order valence-electron chi connectivity index (χ2n) is 4.46. The van der Waals surface area contributed by atoms with Gasteiger partial charge in [-0.2, -0.15) is 0 Å². The number of rotatable bonds is 6. The number of esters is 1. The van der Waals surface area contributed by atoms with Crippen LogP contribution in [0.1, 0.15) is 34.6 Å². The Morgan fingerprint density at radius 1 is 1.12 bits per heavy atom. The molecule has 0 aromatic heterocycles. The monoisotopic (exact) mass is 261 g/mol. The Kier molecular flexibility index (Phi) is 7.27. The van der Waals surface area contributed by atoms with Gasteiger partial charge in [-0.25, -0.2) is 0 Å². The third-order valence-electron chi connectivity index (χ3n) is 2.39. The van der Waals surface area contributed by atoms with Gasteiger partial charge in [0.1, 0.15) is 5.25 Å². The molecule has 0 saturated heterocycles. The minimum atomic E-state index is -0.301. The van der Waals surface area contributed by atoms with E-state index in [1.54, 1.807) is 6.92 Å². The van der Waals surface area contributed by atoms with Gasteiger partial charge >= 0.3 is 5.97 Å². The van der Waals surface area contributed by atoms with Crippen molar-refractivity contribution in [1.29, 1.82) is 0 Å². The maximum Gasteiger partial charge on any atom is 0.318 e. The lowest BCUT2D eigenvalue weighted by atomic mass is 10.2. The van der Waals surface area contributed by atoms with E-state index in [0.29, 0.717) is 5.75 Å². The molecule has 17 heavy (non-hydrogen) atoms. The summed E-state index contributed by atoms with van der Waals surface area (Å²) in [6.45, 7) is 9.72. The SMILES string of the molecule is COC(=O)C(C)SCC(=O)N(C(C)C)C(C)C. The van der Waals surface area contributed by atoms with Crippen molar-refractivity contribution < 1.29 is 14.3 Å². The summed E-state index contributed by atoms with van der Waals surface area (Å²) in [6.07, 6.45) is 0. The minimum Gasteiger partial charge on any atom is -0.468 e. The van der Waals surface area contributed by atoms with Crippen molar-refractivity contribution in [3.05, 3.63) is 0 Å². The van der Waals surface area contributed by atoms with Crippen LogP contribution in [-0.2, 0) is 14.3 Å². The zero-order valence-corrected chi connectivity index (χ0v) is 12.3. The molecule has 1 unspecified atom stereocenters. The largest absolute Gasteiger partial charge is 0.468 e. The quantitative estimate of drug-likeness (QED) is 0.685. The van der Waals surface area contributed by atoms with Crippen LogP contribution in [0.4, 0.5) is 0 Å². The van der Waals surface area contributed by atoms with E-state index in [9.17, 15) is 9.59 Å². The topological polar surface area (TPSA) is 46.6 Å². The van der Waals surface area contributed by atoms with Crippen molar-refractivity contribution in [2.24, 2.45) is 0 Å². The van der Waals surface area contributed by atoms with Crippen LogP contribution in [0.15, 0.2) is 0 Å². The molecule has 0 aromatic carbocycles. The van der Waals surface area contributed by atoms with Crippen molar-refractivity contribution in [3.8, 4) is 0 Å². The molecule has 0 rings (SSSR count). The van der Waals surface area contributed by atoms with Gasteiger partial charge in [0.05, 0.1) is 12.9 Å². The Morgan fingerprint density at radius 2 is 1.59 bits per heavy atom. The van der Waals surface area contributed by atoms with Gasteiger partial charge in [-0.15, -0.1) is 11.8 Å². The Labute approximate surface area is 108 Å². The zero-order valence-electron chi connectivity index (χ0n) is 11.5. The van der Waals surface area contributed by atoms with Crippen LogP contribution in [0.3, 0.4) is 0 Å². The second kappa shape index (κ2) is 7.58. The molecule has 0 aliphatic heterocycles. The third kappa shape index (κ3) is 5.44. The summed E-state index contributed by atoms with van der Waals surface area (Å²) < 4.78 is 4.61. The van der Waals surface area contributed by atoms with Gasteiger partial charge in [0, 0.05) is 12.1 Å².